The fraction of sp³-hybridized carbons (Fsp3) is 0.529. The number of carboxylic acids is 1. The Morgan fingerprint density at radius 2 is 1.69 bits per heavy atom. The zero-order valence-corrected chi connectivity index (χ0v) is 15.9. The number of ether oxygens (including phenoxy) is 1. The van der Waals surface area contributed by atoms with Crippen LogP contribution in [0.3, 0.4) is 0 Å². The van der Waals surface area contributed by atoms with Crippen molar-refractivity contribution in [2.75, 3.05) is 13.1 Å². The zero-order valence-electron chi connectivity index (χ0n) is 15.1. The number of carbonyl (C=O) groups is 2. The molecule has 1 saturated heterocycles. The van der Waals surface area contributed by atoms with Gasteiger partial charge in [0.05, 0.1) is 4.90 Å². The van der Waals surface area contributed by atoms with Gasteiger partial charge in [0, 0.05) is 13.1 Å². The Labute approximate surface area is 153 Å². The van der Waals surface area contributed by atoms with Gasteiger partial charge in [-0.15, -0.1) is 0 Å². The van der Waals surface area contributed by atoms with E-state index in [2.05, 4.69) is 4.72 Å². The summed E-state index contributed by atoms with van der Waals surface area (Å²) in [7, 11) is -4.00. The first-order valence-electron chi connectivity index (χ1n) is 8.26. The minimum Gasteiger partial charge on any atom is -0.480 e. The highest BCUT2D eigenvalue weighted by Gasteiger charge is 2.46. The summed E-state index contributed by atoms with van der Waals surface area (Å²) >= 11 is 0. The SMILES string of the molecule is CC(C)(C)OC(=O)N1CCC(NS(=O)(=O)c2ccccc2)(C(=O)O)CC1. The number of piperidine rings is 1. The fourth-order valence-electron chi connectivity index (χ4n) is 2.67. The van der Waals surface area contributed by atoms with E-state index in [4.69, 9.17) is 4.74 Å². The van der Waals surface area contributed by atoms with Crippen molar-refractivity contribution in [1.29, 1.82) is 0 Å². The number of amides is 1. The molecule has 2 rings (SSSR count). The number of carbonyl (C=O) groups excluding carboxylic acids is 1. The molecular weight excluding hydrogens is 360 g/mol. The van der Waals surface area contributed by atoms with E-state index >= 15 is 0 Å². The maximum atomic E-state index is 12.5. The van der Waals surface area contributed by atoms with Gasteiger partial charge in [-0.25, -0.2) is 13.2 Å². The van der Waals surface area contributed by atoms with Crippen LogP contribution in [0.1, 0.15) is 33.6 Å². The van der Waals surface area contributed by atoms with Crippen LogP contribution in [-0.2, 0) is 19.6 Å². The van der Waals surface area contributed by atoms with Gasteiger partial charge in [0.15, 0.2) is 0 Å². The van der Waals surface area contributed by atoms with Gasteiger partial charge in [0.25, 0.3) is 0 Å². The third-order valence-electron chi connectivity index (χ3n) is 4.06. The number of sulfonamides is 1. The first-order valence-corrected chi connectivity index (χ1v) is 9.74. The van der Waals surface area contributed by atoms with Crippen molar-refractivity contribution < 1.29 is 27.9 Å². The molecule has 1 amide bonds. The van der Waals surface area contributed by atoms with Gasteiger partial charge in [-0.05, 0) is 45.7 Å². The first-order chi connectivity index (χ1) is 12.0. The summed E-state index contributed by atoms with van der Waals surface area (Å²) in [5.74, 6) is -1.26. The molecule has 1 heterocycles. The first kappa shape index (κ1) is 20.2. The minimum atomic E-state index is -4.00. The summed E-state index contributed by atoms with van der Waals surface area (Å²) < 4.78 is 32.7. The standard InChI is InChI=1S/C17H24N2O6S/c1-16(2,3)25-15(22)19-11-9-17(10-12-19,14(20)21)18-26(23,24)13-7-5-4-6-8-13/h4-8,18H,9-12H2,1-3H3,(H,20,21). The number of hydrogen-bond acceptors (Lipinski definition) is 5. The van der Waals surface area contributed by atoms with Crippen molar-refractivity contribution >= 4 is 22.1 Å². The number of hydrogen-bond donors (Lipinski definition) is 2. The molecule has 0 spiro atoms. The molecule has 0 saturated carbocycles. The van der Waals surface area contributed by atoms with Crippen LogP contribution in [0, 0.1) is 0 Å². The number of benzene rings is 1. The lowest BCUT2D eigenvalue weighted by Gasteiger charge is -2.39. The van der Waals surface area contributed by atoms with Crippen LogP contribution in [0.2, 0.25) is 0 Å². The smallest absolute Gasteiger partial charge is 0.410 e. The molecule has 0 radical (unpaired) electrons. The lowest BCUT2D eigenvalue weighted by atomic mass is 9.89. The van der Waals surface area contributed by atoms with Crippen LogP contribution < -0.4 is 4.72 Å². The molecule has 8 nitrogen and oxygen atoms in total. The van der Waals surface area contributed by atoms with Crippen LogP contribution in [-0.4, -0.2) is 54.7 Å². The summed E-state index contributed by atoms with van der Waals surface area (Å²) in [5.41, 5.74) is -2.32. The number of rotatable bonds is 4. The van der Waals surface area contributed by atoms with Crippen molar-refractivity contribution in [3.8, 4) is 0 Å². The Kier molecular flexibility index (Phi) is 5.62. The topological polar surface area (TPSA) is 113 Å². The lowest BCUT2D eigenvalue weighted by Crippen LogP contribution is -2.60. The van der Waals surface area contributed by atoms with Crippen LogP contribution in [0.4, 0.5) is 4.79 Å². The molecule has 144 valence electrons. The van der Waals surface area contributed by atoms with E-state index in [-0.39, 0.29) is 30.8 Å². The van der Waals surface area contributed by atoms with Crippen LogP contribution >= 0.6 is 0 Å². The van der Waals surface area contributed by atoms with E-state index < -0.39 is 33.2 Å². The second kappa shape index (κ2) is 7.24. The van der Waals surface area contributed by atoms with Crippen LogP contribution in [0.5, 0.6) is 0 Å². The molecule has 0 bridgehead atoms. The van der Waals surface area contributed by atoms with Crippen molar-refractivity contribution in [1.82, 2.24) is 9.62 Å². The van der Waals surface area contributed by atoms with Crippen molar-refractivity contribution in [2.45, 2.75) is 49.6 Å². The molecule has 26 heavy (non-hydrogen) atoms. The van der Waals surface area contributed by atoms with E-state index in [9.17, 15) is 23.1 Å². The highest BCUT2D eigenvalue weighted by molar-refractivity contribution is 7.89. The Hall–Kier alpha value is -2.13. The number of likely N-dealkylation sites (tertiary alicyclic amines) is 1. The summed E-state index contributed by atoms with van der Waals surface area (Å²) in [5, 5.41) is 9.65. The molecule has 1 aromatic carbocycles. The molecule has 0 aliphatic carbocycles. The van der Waals surface area contributed by atoms with E-state index in [0.717, 1.165) is 0 Å². The zero-order chi connectivity index (χ0) is 19.6. The number of nitrogens with zero attached hydrogens (tertiary/aromatic N) is 1. The average molecular weight is 384 g/mol. The molecule has 0 unspecified atom stereocenters. The summed E-state index contributed by atoms with van der Waals surface area (Å²) in [4.78, 5) is 25.3. The summed E-state index contributed by atoms with van der Waals surface area (Å²) in [6, 6.07) is 7.59. The molecule has 1 aliphatic heterocycles. The minimum absolute atomic E-state index is 0.00445. The molecular formula is C17H24N2O6S. The molecule has 0 atom stereocenters. The Morgan fingerprint density at radius 1 is 1.15 bits per heavy atom. The summed E-state index contributed by atoms with van der Waals surface area (Å²) in [6.45, 7) is 5.39. The third kappa shape index (κ3) is 4.73. The monoisotopic (exact) mass is 384 g/mol. The molecule has 9 heteroatoms. The summed E-state index contributed by atoms with van der Waals surface area (Å²) in [6.07, 6.45) is -0.635. The van der Waals surface area contributed by atoms with Crippen LogP contribution in [0.15, 0.2) is 35.2 Å². The molecule has 1 fully saturated rings. The van der Waals surface area contributed by atoms with Gasteiger partial charge < -0.3 is 14.7 Å². The molecule has 1 aliphatic rings. The number of carboxylic acid groups (broad SMARTS) is 1. The normalized spacial score (nSPS) is 17.6. The van der Waals surface area contributed by atoms with E-state index in [1.165, 1.54) is 17.0 Å². The second-order valence-corrected chi connectivity index (χ2v) is 8.96. The van der Waals surface area contributed by atoms with Crippen LogP contribution in [0.25, 0.3) is 0 Å². The third-order valence-corrected chi connectivity index (χ3v) is 5.61. The maximum Gasteiger partial charge on any atom is 0.410 e. The van der Waals surface area contributed by atoms with Gasteiger partial charge in [-0.2, -0.15) is 4.72 Å². The fourth-order valence-corrected chi connectivity index (χ4v) is 4.11. The van der Waals surface area contributed by atoms with Crippen molar-refractivity contribution in [3.63, 3.8) is 0 Å². The molecule has 2 N–H and O–H groups in total. The lowest BCUT2D eigenvalue weighted by molar-refractivity contribution is -0.146. The predicted molar refractivity (Wildman–Crippen MR) is 94.2 cm³/mol. The Morgan fingerprint density at radius 3 is 2.15 bits per heavy atom. The highest BCUT2D eigenvalue weighted by atomic mass is 32.2. The van der Waals surface area contributed by atoms with Crippen molar-refractivity contribution in [3.05, 3.63) is 30.3 Å². The van der Waals surface area contributed by atoms with E-state index in [1.807, 2.05) is 0 Å². The van der Waals surface area contributed by atoms with E-state index in [1.54, 1.807) is 39.0 Å². The highest BCUT2D eigenvalue weighted by Crippen LogP contribution is 2.26. The van der Waals surface area contributed by atoms with Gasteiger partial charge in [0.2, 0.25) is 10.0 Å². The van der Waals surface area contributed by atoms with E-state index in [0.29, 0.717) is 0 Å². The molecule has 0 aromatic heterocycles. The quantitative estimate of drug-likeness (QED) is 0.819. The van der Waals surface area contributed by atoms with Crippen molar-refractivity contribution in [2.24, 2.45) is 0 Å². The average Bonchev–Trinajstić information content (AvgIpc) is 2.54. The van der Waals surface area contributed by atoms with Gasteiger partial charge in [0.1, 0.15) is 11.1 Å². The Bertz CT molecular complexity index is 762. The predicted octanol–water partition coefficient (Wildman–Crippen LogP) is 1.82. The molecule has 1 aromatic rings. The van der Waals surface area contributed by atoms with Gasteiger partial charge in [-0.3, -0.25) is 4.79 Å². The number of nitrogens with one attached hydrogen (secondary N) is 1. The van der Waals surface area contributed by atoms with Gasteiger partial charge >= 0.3 is 12.1 Å². The Balaban J connectivity index is 2.14. The number of aliphatic carboxylic acids is 1. The second-order valence-electron chi connectivity index (χ2n) is 7.27. The van der Waals surface area contributed by atoms with Gasteiger partial charge in [-0.1, -0.05) is 18.2 Å². The largest absolute Gasteiger partial charge is 0.480 e. The maximum absolute atomic E-state index is 12.5.